The van der Waals surface area contributed by atoms with Crippen molar-refractivity contribution in [1.29, 1.82) is 5.26 Å². The molecule has 0 aliphatic heterocycles. The van der Waals surface area contributed by atoms with Crippen molar-refractivity contribution in [1.82, 2.24) is 9.78 Å². The van der Waals surface area contributed by atoms with Gasteiger partial charge >= 0.3 is 12.1 Å². The van der Waals surface area contributed by atoms with Gasteiger partial charge in [-0.3, -0.25) is 4.79 Å². The van der Waals surface area contributed by atoms with E-state index in [1.54, 1.807) is 51.2 Å². The van der Waals surface area contributed by atoms with E-state index in [0.29, 0.717) is 5.69 Å². The van der Waals surface area contributed by atoms with E-state index in [1.807, 2.05) is 12.1 Å². The molecule has 0 bridgehead atoms. The van der Waals surface area contributed by atoms with Crippen molar-refractivity contribution in [3.63, 3.8) is 0 Å². The van der Waals surface area contributed by atoms with Gasteiger partial charge in [0, 0.05) is 11.8 Å². The number of para-hydroxylation sites is 1. The third kappa shape index (κ3) is 4.89. The van der Waals surface area contributed by atoms with Gasteiger partial charge < -0.3 is 4.74 Å². The van der Waals surface area contributed by atoms with Crippen LogP contribution in [0.5, 0.6) is 0 Å². The van der Waals surface area contributed by atoms with Gasteiger partial charge in [-0.2, -0.15) is 23.5 Å². The summed E-state index contributed by atoms with van der Waals surface area (Å²) in [5, 5.41) is 14.2. The number of benzene rings is 2. The molecule has 0 fully saturated rings. The van der Waals surface area contributed by atoms with E-state index in [4.69, 9.17) is 4.74 Å². The Morgan fingerprint density at radius 3 is 2.22 bits per heavy atom. The SMILES string of the molecule is CC(C)(C)C(=O)OC(=C(C#N)c1ccn(-c2ccccc2)n1)c1ccccc1C(F)(F)F. The number of alkyl halides is 3. The summed E-state index contributed by atoms with van der Waals surface area (Å²) in [6, 6.07) is 17.0. The summed E-state index contributed by atoms with van der Waals surface area (Å²) < 4.78 is 48.0. The standard InChI is InChI=1S/C24H20F3N3O2/c1-23(2,3)22(31)32-21(17-11-7-8-12-19(17)24(25,26)27)18(15-28)20-13-14-30(29-20)16-9-5-4-6-10-16/h4-14H,1-3H3. The molecule has 1 aromatic heterocycles. The molecule has 164 valence electrons. The molecule has 3 aromatic rings. The molecule has 0 radical (unpaired) electrons. The van der Waals surface area contributed by atoms with Crippen LogP contribution in [0.25, 0.3) is 17.0 Å². The Morgan fingerprint density at radius 1 is 1.00 bits per heavy atom. The molecule has 0 aliphatic carbocycles. The fourth-order valence-electron chi connectivity index (χ4n) is 2.82. The monoisotopic (exact) mass is 439 g/mol. The van der Waals surface area contributed by atoms with Crippen molar-refractivity contribution in [3.8, 4) is 11.8 Å². The minimum atomic E-state index is -4.72. The van der Waals surface area contributed by atoms with Crippen LogP contribution in [-0.4, -0.2) is 15.7 Å². The molecule has 0 spiro atoms. The van der Waals surface area contributed by atoms with Gasteiger partial charge in [-0.05, 0) is 45.0 Å². The quantitative estimate of drug-likeness (QED) is 0.290. The third-order valence-electron chi connectivity index (χ3n) is 4.49. The maximum absolute atomic E-state index is 13.7. The van der Waals surface area contributed by atoms with Crippen LogP contribution in [0, 0.1) is 16.7 Å². The van der Waals surface area contributed by atoms with Crippen molar-refractivity contribution >= 4 is 17.3 Å². The van der Waals surface area contributed by atoms with Crippen molar-refractivity contribution in [2.45, 2.75) is 26.9 Å². The summed E-state index contributed by atoms with van der Waals surface area (Å²) in [5.74, 6) is -1.27. The minimum absolute atomic E-state index is 0.0741. The van der Waals surface area contributed by atoms with Gasteiger partial charge in [-0.25, -0.2) is 4.68 Å². The number of aromatic nitrogens is 2. The van der Waals surface area contributed by atoms with Gasteiger partial charge in [-0.1, -0.05) is 36.4 Å². The molecule has 2 aromatic carbocycles. The molecule has 8 heteroatoms. The maximum atomic E-state index is 13.7. The Hall–Kier alpha value is -3.86. The highest BCUT2D eigenvalue weighted by Gasteiger charge is 2.36. The van der Waals surface area contributed by atoms with Gasteiger partial charge in [0.15, 0.2) is 5.76 Å². The molecule has 32 heavy (non-hydrogen) atoms. The molecule has 0 saturated heterocycles. The number of carbonyl (C=O) groups excluding carboxylic acids is 1. The first-order chi connectivity index (χ1) is 15.0. The lowest BCUT2D eigenvalue weighted by Gasteiger charge is -2.21. The molecule has 5 nitrogen and oxygen atoms in total. The normalized spacial score (nSPS) is 12.7. The largest absolute Gasteiger partial charge is 0.424 e. The second-order valence-corrected chi connectivity index (χ2v) is 7.98. The van der Waals surface area contributed by atoms with Crippen molar-refractivity contribution in [2.24, 2.45) is 5.41 Å². The van der Waals surface area contributed by atoms with Gasteiger partial charge in [0.25, 0.3) is 0 Å². The van der Waals surface area contributed by atoms with Gasteiger partial charge in [0.2, 0.25) is 0 Å². The van der Waals surface area contributed by atoms with Crippen LogP contribution < -0.4 is 0 Å². The Balaban J connectivity index is 2.23. The average Bonchev–Trinajstić information content (AvgIpc) is 3.23. The number of halogens is 3. The van der Waals surface area contributed by atoms with E-state index in [9.17, 15) is 23.2 Å². The fraction of sp³-hybridized carbons (Fsp3) is 0.208. The van der Waals surface area contributed by atoms with Crippen LogP contribution in [0.15, 0.2) is 66.9 Å². The Morgan fingerprint density at radius 2 is 1.62 bits per heavy atom. The predicted molar refractivity (Wildman–Crippen MR) is 113 cm³/mol. The van der Waals surface area contributed by atoms with Crippen LogP contribution in [0.4, 0.5) is 13.2 Å². The van der Waals surface area contributed by atoms with Crippen LogP contribution in [0.2, 0.25) is 0 Å². The number of allylic oxidation sites excluding steroid dienone is 1. The van der Waals surface area contributed by atoms with E-state index < -0.39 is 34.4 Å². The number of hydrogen-bond acceptors (Lipinski definition) is 4. The predicted octanol–water partition coefficient (Wildman–Crippen LogP) is 5.87. The van der Waals surface area contributed by atoms with Crippen molar-refractivity contribution < 1.29 is 22.7 Å². The Kier molecular flexibility index (Phi) is 6.21. The zero-order valence-corrected chi connectivity index (χ0v) is 17.6. The molecule has 0 N–H and O–H groups in total. The molecule has 1 heterocycles. The van der Waals surface area contributed by atoms with Crippen molar-refractivity contribution in [3.05, 3.63) is 83.7 Å². The first-order valence-electron chi connectivity index (χ1n) is 9.67. The second kappa shape index (κ2) is 8.71. The number of esters is 1. The second-order valence-electron chi connectivity index (χ2n) is 7.98. The summed E-state index contributed by atoms with van der Waals surface area (Å²) >= 11 is 0. The van der Waals surface area contributed by atoms with Crippen LogP contribution >= 0.6 is 0 Å². The van der Waals surface area contributed by atoms with Gasteiger partial charge in [0.05, 0.1) is 16.7 Å². The number of carbonyl (C=O) groups is 1. The summed E-state index contributed by atoms with van der Waals surface area (Å²) in [6.45, 7) is 4.70. The highest BCUT2D eigenvalue weighted by Crippen LogP contribution is 2.38. The number of nitrogens with zero attached hydrogens (tertiary/aromatic N) is 3. The third-order valence-corrected chi connectivity index (χ3v) is 4.49. The van der Waals surface area contributed by atoms with Crippen molar-refractivity contribution in [2.75, 3.05) is 0 Å². The summed E-state index contributed by atoms with van der Waals surface area (Å²) in [5.41, 5.74) is -1.96. The number of hydrogen-bond donors (Lipinski definition) is 0. The number of nitriles is 1. The zero-order valence-electron chi connectivity index (χ0n) is 17.6. The van der Waals surface area contributed by atoms with E-state index >= 15 is 0 Å². The first-order valence-corrected chi connectivity index (χ1v) is 9.67. The lowest BCUT2D eigenvalue weighted by molar-refractivity contribution is -0.146. The van der Waals surface area contributed by atoms with Crippen LogP contribution in [0.3, 0.4) is 0 Å². The first kappa shape index (κ1) is 22.8. The zero-order chi connectivity index (χ0) is 23.5. The average molecular weight is 439 g/mol. The van der Waals surface area contributed by atoms with E-state index in [-0.39, 0.29) is 11.3 Å². The minimum Gasteiger partial charge on any atom is -0.424 e. The lowest BCUT2D eigenvalue weighted by atomic mass is 9.96. The molecule has 3 rings (SSSR count). The van der Waals surface area contributed by atoms with Crippen LogP contribution in [0.1, 0.15) is 37.6 Å². The molecule has 0 amide bonds. The topological polar surface area (TPSA) is 67.9 Å². The molecular weight excluding hydrogens is 419 g/mol. The Bertz CT molecular complexity index is 1200. The summed E-state index contributed by atoms with van der Waals surface area (Å²) in [6.07, 6.45) is -3.15. The molecule has 0 aliphatic rings. The van der Waals surface area contributed by atoms with Gasteiger partial charge in [0.1, 0.15) is 17.3 Å². The maximum Gasteiger partial charge on any atom is 0.417 e. The molecule has 0 saturated carbocycles. The fourth-order valence-corrected chi connectivity index (χ4v) is 2.82. The number of ether oxygens (including phenoxy) is 1. The molecular formula is C24H20F3N3O2. The van der Waals surface area contributed by atoms with E-state index in [1.165, 1.54) is 28.9 Å². The molecule has 0 unspecified atom stereocenters. The van der Waals surface area contributed by atoms with Crippen LogP contribution in [-0.2, 0) is 15.7 Å². The number of rotatable bonds is 4. The lowest BCUT2D eigenvalue weighted by Crippen LogP contribution is -2.23. The van der Waals surface area contributed by atoms with E-state index in [0.717, 1.165) is 6.07 Å². The molecule has 0 atom stereocenters. The Labute approximate surface area is 183 Å². The highest BCUT2D eigenvalue weighted by molar-refractivity contribution is 5.98. The van der Waals surface area contributed by atoms with Gasteiger partial charge in [-0.15, -0.1) is 0 Å². The smallest absolute Gasteiger partial charge is 0.417 e. The summed E-state index contributed by atoms with van der Waals surface area (Å²) in [7, 11) is 0. The van der Waals surface area contributed by atoms with E-state index in [2.05, 4.69) is 5.10 Å². The highest BCUT2D eigenvalue weighted by atomic mass is 19.4. The summed E-state index contributed by atoms with van der Waals surface area (Å²) in [4.78, 5) is 12.6.